The van der Waals surface area contributed by atoms with Crippen molar-refractivity contribution in [3.05, 3.63) is 47.3 Å². The van der Waals surface area contributed by atoms with Gasteiger partial charge in [-0.05, 0) is 11.8 Å². The zero-order valence-electron chi connectivity index (χ0n) is 18.0. The van der Waals surface area contributed by atoms with Crippen molar-refractivity contribution in [1.29, 1.82) is 0 Å². The number of aliphatic hydroxyl groups excluding tert-OH is 1. The first-order valence-corrected chi connectivity index (χ1v) is 13.0. The van der Waals surface area contributed by atoms with E-state index in [1.165, 1.54) is 17.2 Å². The number of benzene rings is 1. The van der Waals surface area contributed by atoms with E-state index in [9.17, 15) is 27.1 Å². The highest BCUT2D eigenvalue weighted by molar-refractivity contribution is 8.07. The molecule has 3 N–H and O–H groups in total. The van der Waals surface area contributed by atoms with Gasteiger partial charge < -0.3 is 29.1 Å². The zero-order valence-corrected chi connectivity index (χ0v) is 19.7. The summed E-state index contributed by atoms with van der Waals surface area (Å²) >= 11 is 5.23. The van der Waals surface area contributed by atoms with Gasteiger partial charge in [0, 0.05) is 12.8 Å². The topological polar surface area (TPSA) is 127 Å². The summed E-state index contributed by atoms with van der Waals surface area (Å²) in [5.41, 5.74) is 5.30. The van der Waals surface area contributed by atoms with Crippen LogP contribution in [0.15, 0.2) is 12.7 Å². The number of ether oxygens (including phenoxy) is 1. The van der Waals surface area contributed by atoms with E-state index < -0.39 is 65.9 Å². The normalized spacial score (nSPS) is 28.7. The Morgan fingerprint density at radius 2 is 1.81 bits per heavy atom. The van der Waals surface area contributed by atoms with Gasteiger partial charge in [-0.3, -0.25) is 4.57 Å². The summed E-state index contributed by atoms with van der Waals surface area (Å²) in [6, 6.07) is 0. The second-order valence-corrected chi connectivity index (χ2v) is 10.9. The van der Waals surface area contributed by atoms with Crippen LogP contribution >= 0.6 is 6.72 Å². The molecule has 5 rings (SSSR count). The Bertz CT molecular complexity index is 1350. The van der Waals surface area contributed by atoms with Crippen molar-refractivity contribution in [3.63, 3.8) is 0 Å². The maximum Gasteiger partial charge on any atom is 0.327 e. The van der Waals surface area contributed by atoms with Gasteiger partial charge in [0.25, 0.3) is 0 Å². The molecule has 2 saturated heterocycles. The summed E-state index contributed by atoms with van der Waals surface area (Å²) in [7, 11) is 0. The monoisotopic (exact) mass is 553 g/mol. The predicted molar refractivity (Wildman–Crippen MR) is 115 cm³/mol. The summed E-state index contributed by atoms with van der Waals surface area (Å²) in [5, 5.41) is 10.5. The van der Waals surface area contributed by atoms with Gasteiger partial charge in [0.1, 0.15) is 24.1 Å². The van der Waals surface area contributed by atoms with Crippen LogP contribution in [0.2, 0.25) is 0 Å². The first kappa shape index (κ1) is 25.3. The number of fused-ring (bicyclic) bond motifs is 1. The van der Waals surface area contributed by atoms with Crippen molar-refractivity contribution in [2.75, 3.05) is 18.9 Å². The molecule has 2 fully saturated rings. The van der Waals surface area contributed by atoms with Crippen LogP contribution in [0.3, 0.4) is 0 Å². The first-order valence-electron chi connectivity index (χ1n) is 10.4. The minimum Gasteiger partial charge on any atom is -0.388 e. The lowest BCUT2D eigenvalue weighted by Crippen LogP contribution is -2.22. The van der Waals surface area contributed by atoms with Gasteiger partial charge in [-0.2, -0.15) is 0 Å². The molecule has 0 amide bonds. The van der Waals surface area contributed by atoms with E-state index in [0.717, 1.165) is 0 Å². The van der Waals surface area contributed by atoms with Gasteiger partial charge in [0.05, 0.1) is 31.2 Å². The van der Waals surface area contributed by atoms with Crippen LogP contribution < -0.4 is 5.73 Å². The van der Waals surface area contributed by atoms with Crippen LogP contribution in [0, 0.1) is 29.1 Å². The number of hydrogen-bond acceptors (Lipinski definition) is 10. The summed E-state index contributed by atoms with van der Waals surface area (Å²) in [6.07, 6.45) is -1.70. The van der Waals surface area contributed by atoms with E-state index in [1.807, 2.05) is 0 Å². The molecule has 17 heteroatoms. The Hall–Kier alpha value is -2.33. The number of halogens is 5. The molecule has 4 heterocycles. The van der Waals surface area contributed by atoms with Crippen molar-refractivity contribution >= 4 is 35.5 Å². The average molecular weight is 553 g/mol. The lowest BCUT2D eigenvalue weighted by Gasteiger charge is -2.32. The number of hydrogen-bond donors (Lipinski definition) is 2. The number of nitrogens with zero attached hydrogens (tertiary/aromatic N) is 4. The number of nitrogen functional groups attached to an aromatic ring is 1. The molecule has 194 valence electrons. The smallest absolute Gasteiger partial charge is 0.327 e. The van der Waals surface area contributed by atoms with Crippen molar-refractivity contribution in [2.24, 2.45) is 0 Å². The quantitative estimate of drug-likeness (QED) is 0.211. The van der Waals surface area contributed by atoms with Crippen molar-refractivity contribution < 1.29 is 45.4 Å². The largest absolute Gasteiger partial charge is 0.388 e. The number of aromatic nitrogens is 4. The van der Waals surface area contributed by atoms with Crippen LogP contribution in [0.1, 0.15) is 30.7 Å². The molecule has 0 bridgehead atoms. The second-order valence-electron chi connectivity index (χ2n) is 7.98. The summed E-state index contributed by atoms with van der Waals surface area (Å²) in [6.45, 7) is -4.13. The fourth-order valence-corrected chi connectivity index (χ4v) is 6.11. The number of rotatable bonds is 5. The summed E-state index contributed by atoms with van der Waals surface area (Å²) in [5.74, 6) is -10.3. The lowest BCUT2D eigenvalue weighted by molar-refractivity contribution is -0.0507. The Kier molecular flexibility index (Phi) is 6.70. The van der Waals surface area contributed by atoms with E-state index in [0.29, 0.717) is 11.2 Å². The van der Waals surface area contributed by atoms with Gasteiger partial charge >= 0.3 is 6.72 Å². The van der Waals surface area contributed by atoms with Crippen LogP contribution in [-0.4, -0.2) is 50.0 Å². The molecule has 0 spiro atoms. The molecule has 3 unspecified atom stereocenters. The maximum atomic E-state index is 14.3. The van der Waals surface area contributed by atoms with E-state index in [1.54, 1.807) is 0 Å². The highest BCUT2D eigenvalue weighted by Crippen LogP contribution is 2.58. The van der Waals surface area contributed by atoms with Crippen molar-refractivity contribution in [2.45, 2.75) is 37.4 Å². The van der Waals surface area contributed by atoms with Gasteiger partial charge in [-0.1, -0.05) is 0 Å². The highest BCUT2D eigenvalue weighted by atomic mass is 32.5. The molecular weight excluding hydrogens is 536 g/mol. The molecule has 2 aliphatic rings. The molecule has 3 aromatic rings. The van der Waals surface area contributed by atoms with Crippen LogP contribution in [0.5, 0.6) is 0 Å². The van der Waals surface area contributed by atoms with Crippen LogP contribution in [0.25, 0.3) is 11.2 Å². The maximum absolute atomic E-state index is 14.3. The molecular formula is C19H17F5N5O5PS. The molecule has 2 aliphatic heterocycles. The summed E-state index contributed by atoms with van der Waals surface area (Å²) < 4.78 is 92.8. The molecule has 10 nitrogen and oxygen atoms in total. The third-order valence-electron chi connectivity index (χ3n) is 5.70. The molecule has 2 aromatic heterocycles. The molecule has 0 aliphatic carbocycles. The third kappa shape index (κ3) is 4.36. The van der Waals surface area contributed by atoms with E-state index >= 15 is 0 Å². The minimum atomic E-state index is -3.67. The van der Waals surface area contributed by atoms with E-state index in [2.05, 4.69) is 15.0 Å². The molecule has 0 radical (unpaired) electrons. The van der Waals surface area contributed by atoms with Crippen molar-refractivity contribution in [1.82, 2.24) is 19.5 Å². The second kappa shape index (κ2) is 9.52. The van der Waals surface area contributed by atoms with Crippen LogP contribution in [-0.2, 0) is 30.1 Å². The van der Waals surface area contributed by atoms with Gasteiger partial charge in [0.15, 0.2) is 41.0 Å². The fraction of sp³-hybridized carbons (Fsp3) is 0.421. The molecule has 36 heavy (non-hydrogen) atoms. The van der Waals surface area contributed by atoms with Crippen molar-refractivity contribution in [3.8, 4) is 0 Å². The number of imidazole rings is 1. The Balaban J connectivity index is 1.28. The Morgan fingerprint density at radius 1 is 1.11 bits per heavy atom. The van der Waals surface area contributed by atoms with Gasteiger partial charge in [-0.15, -0.1) is 0 Å². The number of aliphatic hydroxyl groups is 1. The number of anilines is 1. The third-order valence-corrected chi connectivity index (χ3v) is 8.06. The standard InChI is InChI=1S/C19H17F5N5O5PS/c20-11-10(12(21)14(23)15(24)13(11)22)9-1-2-31-35(36,34-9)32-4-7-3-8(30)19(33-7)29-6-28-16-17(25)26-5-27-18(16)29/h5-9,19,30H,1-4H2,(H2,25,26,27)/t7-,8?,9?,19+,35?/m0/s1. The fourth-order valence-electron chi connectivity index (χ4n) is 4.00. The molecule has 1 aromatic carbocycles. The first-order chi connectivity index (χ1) is 17.1. The zero-order chi connectivity index (χ0) is 25.8. The number of nitrogens with two attached hydrogens (primary N) is 1. The van der Waals surface area contributed by atoms with E-state index in [-0.39, 0.29) is 31.9 Å². The minimum absolute atomic E-state index is 0.0985. The SMILES string of the molecule is Nc1ncnc2c1ncn2[C@@H]1O[C@H](COP2(=S)OCCC(c3c(F)c(F)c(F)c(F)c3F)O2)CC1O. The van der Waals surface area contributed by atoms with E-state index in [4.69, 9.17) is 35.8 Å². The van der Waals surface area contributed by atoms with Gasteiger partial charge in [0.2, 0.25) is 5.82 Å². The average Bonchev–Trinajstić information content (AvgIpc) is 3.44. The predicted octanol–water partition coefficient (Wildman–Crippen LogP) is 3.17. The Labute approximate surface area is 204 Å². The molecule has 5 atom stereocenters. The van der Waals surface area contributed by atoms with Crippen LogP contribution in [0.4, 0.5) is 27.8 Å². The molecule has 0 saturated carbocycles. The Morgan fingerprint density at radius 3 is 2.53 bits per heavy atom. The lowest BCUT2D eigenvalue weighted by atomic mass is 10.0. The van der Waals surface area contributed by atoms with Gasteiger partial charge in [-0.25, -0.2) is 36.9 Å². The summed E-state index contributed by atoms with van der Waals surface area (Å²) in [4.78, 5) is 12.1. The highest BCUT2D eigenvalue weighted by Gasteiger charge is 2.41.